The molecule has 0 fully saturated rings. The van der Waals surface area contributed by atoms with Crippen molar-refractivity contribution in [3.8, 4) is 17.1 Å². The van der Waals surface area contributed by atoms with Crippen LogP contribution in [0.4, 0.5) is 0 Å². The molecule has 2 heterocycles. The van der Waals surface area contributed by atoms with Crippen molar-refractivity contribution in [3.05, 3.63) is 69.3 Å². The van der Waals surface area contributed by atoms with Gasteiger partial charge in [0.15, 0.2) is 11.3 Å². The van der Waals surface area contributed by atoms with E-state index in [-0.39, 0.29) is 16.9 Å². The molecule has 0 spiro atoms. The predicted molar refractivity (Wildman–Crippen MR) is 90.4 cm³/mol. The number of hydrogen-bond donors (Lipinski definition) is 1. The largest absolute Gasteiger partial charge is 0.493 e. The van der Waals surface area contributed by atoms with Gasteiger partial charge in [-0.1, -0.05) is 24.3 Å². The summed E-state index contributed by atoms with van der Waals surface area (Å²) in [6, 6.07) is 13.9. The molecule has 2 aromatic heterocycles. The summed E-state index contributed by atoms with van der Waals surface area (Å²) in [5, 5.41) is 1.15. The van der Waals surface area contributed by atoms with Crippen LogP contribution in [0.5, 0.6) is 5.75 Å². The number of ether oxygens (including phenoxy) is 1. The van der Waals surface area contributed by atoms with E-state index in [1.165, 1.54) is 7.11 Å². The minimum absolute atomic E-state index is 0.178. The van der Waals surface area contributed by atoms with Crippen LogP contribution >= 0.6 is 0 Å². The zero-order valence-corrected chi connectivity index (χ0v) is 12.7. The van der Waals surface area contributed by atoms with Crippen LogP contribution in [0.1, 0.15) is 0 Å². The van der Waals surface area contributed by atoms with Crippen LogP contribution in [0.25, 0.3) is 33.3 Å². The molecule has 0 bridgehead atoms. The monoisotopic (exact) mass is 320 g/mol. The van der Waals surface area contributed by atoms with Gasteiger partial charge >= 0.3 is 5.63 Å². The molecule has 0 aliphatic carbocycles. The Kier molecular flexibility index (Phi) is 3.16. The molecule has 0 amide bonds. The third kappa shape index (κ3) is 2.16. The van der Waals surface area contributed by atoms with Gasteiger partial charge in [-0.3, -0.25) is 4.79 Å². The summed E-state index contributed by atoms with van der Waals surface area (Å²) in [6.45, 7) is 0. The lowest BCUT2D eigenvalue weighted by Gasteiger charge is -2.06. The molecule has 0 unspecified atom stereocenters. The van der Waals surface area contributed by atoms with Crippen molar-refractivity contribution in [1.82, 2.24) is 9.97 Å². The van der Waals surface area contributed by atoms with Gasteiger partial charge in [0.2, 0.25) is 0 Å². The molecular formula is C18H12N2O4. The van der Waals surface area contributed by atoms with Crippen LogP contribution in [0.2, 0.25) is 0 Å². The molecule has 0 radical (unpaired) electrons. The first-order valence-corrected chi connectivity index (χ1v) is 7.27. The Morgan fingerprint density at radius 3 is 2.75 bits per heavy atom. The van der Waals surface area contributed by atoms with Crippen LogP contribution in [-0.2, 0) is 0 Å². The third-order valence-corrected chi connectivity index (χ3v) is 3.81. The Bertz CT molecular complexity index is 1190. The number of H-pyrrole nitrogens is 1. The Morgan fingerprint density at radius 1 is 1.08 bits per heavy atom. The molecular weight excluding hydrogens is 308 g/mol. The fraction of sp³-hybridized carbons (Fsp3) is 0.0556. The number of aromatic amines is 1. The van der Waals surface area contributed by atoms with Gasteiger partial charge in [0.25, 0.3) is 5.56 Å². The summed E-state index contributed by atoms with van der Waals surface area (Å²) in [7, 11) is 1.51. The van der Waals surface area contributed by atoms with Gasteiger partial charge in [-0.15, -0.1) is 0 Å². The van der Waals surface area contributed by atoms with Gasteiger partial charge in [0.05, 0.1) is 18.0 Å². The van der Waals surface area contributed by atoms with Crippen LogP contribution < -0.4 is 15.9 Å². The van der Waals surface area contributed by atoms with Crippen LogP contribution in [0, 0.1) is 0 Å². The molecule has 0 atom stereocenters. The maximum atomic E-state index is 12.4. The molecule has 24 heavy (non-hydrogen) atoms. The highest BCUT2D eigenvalue weighted by Gasteiger charge is 2.14. The van der Waals surface area contributed by atoms with Gasteiger partial charge in [0.1, 0.15) is 11.4 Å². The van der Waals surface area contributed by atoms with Crippen LogP contribution in [-0.4, -0.2) is 17.1 Å². The van der Waals surface area contributed by atoms with Crippen molar-refractivity contribution in [3.63, 3.8) is 0 Å². The number of nitrogens with one attached hydrogen (secondary N) is 1. The summed E-state index contributed by atoms with van der Waals surface area (Å²) >= 11 is 0. The zero-order valence-electron chi connectivity index (χ0n) is 12.7. The predicted octanol–water partition coefficient (Wildman–Crippen LogP) is 2.71. The fourth-order valence-electron chi connectivity index (χ4n) is 2.66. The van der Waals surface area contributed by atoms with Crippen LogP contribution in [0.15, 0.2) is 62.5 Å². The van der Waals surface area contributed by atoms with E-state index in [4.69, 9.17) is 9.15 Å². The number of fused-ring (bicyclic) bond motifs is 2. The summed E-state index contributed by atoms with van der Waals surface area (Å²) < 4.78 is 10.6. The lowest BCUT2D eigenvalue weighted by molar-refractivity contribution is 0.407. The maximum Gasteiger partial charge on any atom is 0.347 e. The minimum Gasteiger partial charge on any atom is -0.493 e. The van der Waals surface area contributed by atoms with Crippen molar-refractivity contribution < 1.29 is 9.15 Å². The Hall–Kier alpha value is -3.41. The van der Waals surface area contributed by atoms with E-state index in [2.05, 4.69) is 9.97 Å². The van der Waals surface area contributed by atoms with Crippen molar-refractivity contribution in [2.45, 2.75) is 0 Å². The second-order valence-corrected chi connectivity index (χ2v) is 5.26. The number of rotatable bonds is 2. The molecule has 6 nitrogen and oxygen atoms in total. The first-order chi connectivity index (χ1) is 11.7. The molecule has 0 aliphatic rings. The highest BCUT2D eigenvalue weighted by molar-refractivity contribution is 5.86. The van der Waals surface area contributed by atoms with Gasteiger partial charge in [-0.2, -0.15) is 0 Å². The Balaban J connectivity index is 2.02. The summed E-state index contributed by atoms with van der Waals surface area (Å²) in [6.07, 6.45) is 0. The van der Waals surface area contributed by atoms with E-state index >= 15 is 0 Å². The smallest absolute Gasteiger partial charge is 0.347 e. The number of nitrogens with zero attached hydrogens (tertiary/aromatic N) is 1. The topological polar surface area (TPSA) is 85.2 Å². The van der Waals surface area contributed by atoms with E-state index in [1.807, 2.05) is 0 Å². The highest BCUT2D eigenvalue weighted by Crippen LogP contribution is 2.26. The van der Waals surface area contributed by atoms with Crippen molar-refractivity contribution in [2.24, 2.45) is 0 Å². The SMILES string of the molecule is COc1cccc2cc(-c3nc4ccccc4c(=O)[nH]3)c(=O)oc12. The average molecular weight is 320 g/mol. The molecule has 0 saturated carbocycles. The molecule has 1 N–H and O–H groups in total. The molecule has 4 aromatic rings. The lowest BCUT2D eigenvalue weighted by Crippen LogP contribution is -2.13. The van der Waals surface area contributed by atoms with Crippen LogP contribution in [0.3, 0.4) is 0 Å². The second-order valence-electron chi connectivity index (χ2n) is 5.26. The number of methoxy groups -OCH3 is 1. The maximum absolute atomic E-state index is 12.4. The average Bonchev–Trinajstić information content (AvgIpc) is 2.60. The van der Waals surface area contributed by atoms with Gasteiger partial charge in [-0.25, -0.2) is 9.78 Å². The number of para-hydroxylation sites is 2. The van der Waals surface area contributed by atoms with E-state index in [9.17, 15) is 9.59 Å². The molecule has 6 heteroatoms. The quantitative estimate of drug-likeness (QED) is 0.574. The van der Waals surface area contributed by atoms with E-state index < -0.39 is 5.63 Å². The molecule has 2 aromatic carbocycles. The first kappa shape index (κ1) is 14.2. The highest BCUT2D eigenvalue weighted by atomic mass is 16.5. The minimum atomic E-state index is -0.592. The molecule has 0 aliphatic heterocycles. The van der Waals surface area contributed by atoms with Gasteiger partial charge in [0, 0.05) is 5.39 Å². The van der Waals surface area contributed by atoms with Gasteiger partial charge in [-0.05, 0) is 24.3 Å². The molecule has 0 saturated heterocycles. The Labute approximate surface area is 135 Å². The van der Waals surface area contributed by atoms with Crippen molar-refractivity contribution in [1.29, 1.82) is 0 Å². The fourth-order valence-corrected chi connectivity index (χ4v) is 2.66. The normalized spacial score (nSPS) is 11.0. The summed E-state index contributed by atoms with van der Waals surface area (Å²) in [5.74, 6) is 0.647. The molecule has 118 valence electrons. The first-order valence-electron chi connectivity index (χ1n) is 7.27. The number of hydrogen-bond acceptors (Lipinski definition) is 5. The zero-order chi connectivity index (χ0) is 16.7. The summed E-state index contributed by atoms with van der Waals surface area (Å²) in [4.78, 5) is 31.6. The van der Waals surface area contributed by atoms with E-state index in [0.717, 1.165) is 0 Å². The Morgan fingerprint density at radius 2 is 1.92 bits per heavy atom. The van der Waals surface area contributed by atoms with Crippen molar-refractivity contribution in [2.75, 3.05) is 7.11 Å². The third-order valence-electron chi connectivity index (χ3n) is 3.81. The standard InChI is InChI=1S/C18H12N2O4/c1-23-14-8-4-5-10-9-12(18(22)24-15(10)14)16-19-13-7-3-2-6-11(13)17(21)20-16/h2-9H,1H3,(H,19,20,21). The second kappa shape index (κ2) is 5.34. The van der Waals surface area contributed by atoms with E-state index in [1.54, 1.807) is 48.5 Å². The van der Waals surface area contributed by atoms with Crippen molar-refractivity contribution >= 4 is 21.9 Å². The number of aromatic nitrogens is 2. The lowest BCUT2D eigenvalue weighted by atomic mass is 10.1. The summed E-state index contributed by atoms with van der Waals surface area (Å²) in [5.41, 5.74) is 0.169. The van der Waals surface area contributed by atoms with Gasteiger partial charge < -0.3 is 14.1 Å². The molecule has 4 rings (SSSR count). The van der Waals surface area contributed by atoms with E-state index in [0.29, 0.717) is 27.6 Å². The number of benzene rings is 2.